The number of carbonyl (C=O) groups excluding carboxylic acids is 2. The Morgan fingerprint density at radius 1 is 1.38 bits per heavy atom. The zero-order valence-corrected chi connectivity index (χ0v) is 11.7. The lowest BCUT2D eigenvalue weighted by Crippen LogP contribution is -2.50. The molecule has 1 aromatic rings. The predicted octanol–water partition coefficient (Wildman–Crippen LogP) is 0.767. The Kier molecular flexibility index (Phi) is 4.62. The van der Waals surface area contributed by atoms with Crippen LogP contribution in [0.4, 0.5) is 0 Å². The summed E-state index contributed by atoms with van der Waals surface area (Å²) in [6, 6.07) is -0.251. The molecular formula is C14H18N2O5. The first kappa shape index (κ1) is 15.1. The van der Waals surface area contributed by atoms with Crippen molar-refractivity contribution in [2.45, 2.75) is 38.3 Å². The SMILES string of the molecule is CC(NC(=O)c1ccoc1)C(=O)NC(CC1CC1)C(=O)O. The maximum atomic E-state index is 12.0. The summed E-state index contributed by atoms with van der Waals surface area (Å²) < 4.78 is 4.79. The first-order valence-corrected chi connectivity index (χ1v) is 6.83. The highest BCUT2D eigenvalue weighted by Crippen LogP contribution is 2.33. The molecule has 114 valence electrons. The molecule has 0 saturated heterocycles. The topological polar surface area (TPSA) is 109 Å². The maximum absolute atomic E-state index is 12.0. The molecule has 1 heterocycles. The Bertz CT molecular complexity index is 521. The van der Waals surface area contributed by atoms with E-state index in [-0.39, 0.29) is 0 Å². The minimum absolute atomic E-state index is 0.308. The fourth-order valence-electron chi connectivity index (χ4n) is 1.94. The van der Waals surface area contributed by atoms with E-state index in [1.54, 1.807) is 0 Å². The van der Waals surface area contributed by atoms with Crippen LogP contribution >= 0.6 is 0 Å². The summed E-state index contributed by atoms with van der Waals surface area (Å²) >= 11 is 0. The van der Waals surface area contributed by atoms with Crippen molar-refractivity contribution in [3.8, 4) is 0 Å². The molecule has 7 nitrogen and oxygen atoms in total. The van der Waals surface area contributed by atoms with Crippen molar-refractivity contribution < 1.29 is 23.9 Å². The van der Waals surface area contributed by atoms with Crippen LogP contribution < -0.4 is 10.6 Å². The molecule has 2 atom stereocenters. The molecule has 7 heteroatoms. The van der Waals surface area contributed by atoms with Crippen LogP contribution in [0.25, 0.3) is 0 Å². The second-order valence-corrected chi connectivity index (χ2v) is 5.29. The quantitative estimate of drug-likeness (QED) is 0.688. The highest BCUT2D eigenvalue weighted by Gasteiger charge is 2.31. The number of carbonyl (C=O) groups is 3. The van der Waals surface area contributed by atoms with Gasteiger partial charge in [-0.05, 0) is 25.3 Å². The molecular weight excluding hydrogens is 276 g/mol. The predicted molar refractivity (Wildman–Crippen MR) is 72.5 cm³/mol. The average Bonchev–Trinajstić information content (AvgIpc) is 3.07. The minimum Gasteiger partial charge on any atom is -0.480 e. The van der Waals surface area contributed by atoms with Crippen molar-refractivity contribution in [3.05, 3.63) is 24.2 Å². The fourth-order valence-corrected chi connectivity index (χ4v) is 1.94. The van der Waals surface area contributed by atoms with Gasteiger partial charge in [0.2, 0.25) is 5.91 Å². The maximum Gasteiger partial charge on any atom is 0.326 e. The Balaban J connectivity index is 1.85. The van der Waals surface area contributed by atoms with Gasteiger partial charge >= 0.3 is 5.97 Å². The third-order valence-electron chi connectivity index (χ3n) is 3.40. The van der Waals surface area contributed by atoms with Crippen LogP contribution in [0.5, 0.6) is 0 Å². The Morgan fingerprint density at radius 2 is 2.10 bits per heavy atom. The van der Waals surface area contributed by atoms with Gasteiger partial charge in [-0.3, -0.25) is 9.59 Å². The van der Waals surface area contributed by atoms with E-state index in [4.69, 9.17) is 9.52 Å². The molecule has 1 aliphatic carbocycles. The van der Waals surface area contributed by atoms with Crippen LogP contribution in [0.2, 0.25) is 0 Å². The molecule has 1 saturated carbocycles. The van der Waals surface area contributed by atoms with E-state index in [9.17, 15) is 14.4 Å². The van der Waals surface area contributed by atoms with Crippen molar-refractivity contribution in [2.24, 2.45) is 5.92 Å². The van der Waals surface area contributed by atoms with Gasteiger partial charge in [0, 0.05) is 0 Å². The minimum atomic E-state index is -1.05. The summed E-state index contributed by atoms with van der Waals surface area (Å²) in [6.45, 7) is 1.50. The third-order valence-corrected chi connectivity index (χ3v) is 3.40. The van der Waals surface area contributed by atoms with Gasteiger partial charge in [-0.2, -0.15) is 0 Å². The molecule has 1 aliphatic rings. The third kappa shape index (κ3) is 4.34. The summed E-state index contributed by atoms with van der Waals surface area (Å²) in [7, 11) is 0. The Morgan fingerprint density at radius 3 is 2.62 bits per heavy atom. The molecule has 1 fully saturated rings. The lowest BCUT2D eigenvalue weighted by molar-refractivity contribution is -0.142. The summed E-state index contributed by atoms with van der Waals surface area (Å²) in [4.78, 5) is 34.8. The monoisotopic (exact) mass is 294 g/mol. The number of hydrogen-bond acceptors (Lipinski definition) is 4. The molecule has 2 rings (SSSR count). The van der Waals surface area contributed by atoms with Gasteiger partial charge in [-0.15, -0.1) is 0 Å². The molecule has 0 bridgehead atoms. The largest absolute Gasteiger partial charge is 0.480 e. The van der Waals surface area contributed by atoms with Crippen molar-refractivity contribution in [1.29, 1.82) is 0 Å². The van der Waals surface area contributed by atoms with Crippen molar-refractivity contribution in [2.75, 3.05) is 0 Å². The van der Waals surface area contributed by atoms with Crippen LogP contribution in [0.1, 0.15) is 36.5 Å². The van der Waals surface area contributed by atoms with Crippen molar-refractivity contribution >= 4 is 17.8 Å². The van der Waals surface area contributed by atoms with Gasteiger partial charge in [0.15, 0.2) is 0 Å². The van der Waals surface area contributed by atoms with Crippen molar-refractivity contribution in [3.63, 3.8) is 0 Å². The van der Waals surface area contributed by atoms with E-state index in [0.717, 1.165) is 12.8 Å². The van der Waals surface area contributed by atoms with E-state index < -0.39 is 29.9 Å². The van der Waals surface area contributed by atoms with E-state index in [0.29, 0.717) is 17.9 Å². The number of furan rings is 1. The lowest BCUT2D eigenvalue weighted by Gasteiger charge is -2.18. The molecule has 3 N–H and O–H groups in total. The second-order valence-electron chi connectivity index (χ2n) is 5.29. The molecule has 2 amide bonds. The van der Waals surface area contributed by atoms with Gasteiger partial charge in [-0.1, -0.05) is 12.8 Å². The van der Waals surface area contributed by atoms with Gasteiger partial charge in [0.05, 0.1) is 11.8 Å². The molecule has 0 radical (unpaired) electrons. The first-order valence-electron chi connectivity index (χ1n) is 6.83. The van der Waals surface area contributed by atoms with Gasteiger partial charge in [-0.25, -0.2) is 4.79 Å². The van der Waals surface area contributed by atoms with Gasteiger partial charge < -0.3 is 20.2 Å². The molecule has 2 unspecified atom stereocenters. The number of aliphatic carboxylic acids is 1. The molecule has 0 aromatic carbocycles. The highest BCUT2D eigenvalue weighted by molar-refractivity contribution is 5.97. The number of nitrogens with one attached hydrogen (secondary N) is 2. The van der Waals surface area contributed by atoms with E-state index in [1.807, 2.05) is 0 Å². The number of amides is 2. The van der Waals surface area contributed by atoms with E-state index >= 15 is 0 Å². The summed E-state index contributed by atoms with van der Waals surface area (Å²) in [5.74, 6) is -1.63. The second kappa shape index (κ2) is 6.43. The summed E-state index contributed by atoms with van der Waals surface area (Å²) in [5.41, 5.74) is 0.308. The summed E-state index contributed by atoms with van der Waals surface area (Å²) in [6.07, 6.45) is 5.07. The van der Waals surface area contributed by atoms with Crippen LogP contribution in [0, 0.1) is 5.92 Å². The highest BCUT2D eigenvalue weighted by atomic mass is 16.4. The first-order chi connectivity index (χ1) is 9.97. The van der Waals surface area contributed by atoms with Crippen LogP contribution in [0.3, 0.4) is 0 Å². The molecule has 1 aromatic heterocycles. The number of carboxylic acids is 1. The molecule has 0 aliphatic heterocycles. The fraction of sp³-hybridized carbons (Fsp3) is 0.500. The van der Waals surface area contributed by atoms with Crippen LogP contribution in [0.15, 0.2) is 23.0 Å². The van der Waals surface area contributed by atoms with Crippen LogP contribution in [-0.4, -0.2) is 35.0 Å². The van der Waals surface area contributed by atoms with Gasteiger partial charge in [0.25, 0.3) is 5.91 Å². The van der Waals surface area contributed by atoms with E-state index in [2.05, 4.69) is 10.6 Å². The summed E-state index contributed by atoms with van der Waals surface area (Å²) in [5, 5.41) is 14.1. The standard InChI is InChI=1S/C14H18N2O5/c1-8(15-13(18)10-4-5-21-7-10)12(17)16-11(14(19)20)6-9-2-3-9/h4-5,7-9,11H,2-3,6H2,1H3,(H,15,18)(H,16,17)(H,19,20). The lowest BCUT2D eigenvalue weighted by atomic mass is 10.1. The number of hydrogen-bond donors (Lipinski definition) is 3. The normalized spacial score (nSPS) is 16.8. The van der Waals surface area contributed by atoms with E-state index in [1.165, 1.54) is 25.5 Å². The molecule has 21 heavy (non-hydrogen) atoms. The number of carboxylic acid groups (broad SMARTS) is 1. The number of rotatable bonds is 7. The smallest absolute Gasteiger partial charge is 0.326 e. The van der Waals surface area contributed by atoms with Crippen molar-refractivity contribution in [1.82, 2.24) is 10.6 Å². The Labute approximate surface area is 121 Å². The Hall–Kier alpha value is -2.31. The average molecular weight is 294 g/mol. The zero-order valence-electron chi connectivity index (χ0n) is 11.7. The van der Waals surface area contributed by atoms with Crippen LogP contribution in [-0.2, 0) is 9.59 Å². The zero-order chi connectivity index (χ0) is 15.4. The molecule has 0 spiro atoms. The van der Waals surface area contributed by atoms with Gasteiger partial charge in [0.1, 0.15) is 18.3 Å².